The second-order valence-corrected chi connectivity index (χ2v) is 11.6. The number of ether oxygens (including phenoxy) is 2. The summed E-state index contributed by atoms with van der Waals surface area (Å²) in [4.78, 5) is 24.4. The lowest BCUT2D eigenvalue weighted by Crippen LogP contribution is -2.35. The van der Waals surface area contributed by atoms with Crippen LogP contribution >= 0.6 is 0 Å². The van der Waals surface area contributed by atoms with Gasteiger partial charge in [0, 0.05) is 56.4 Å². The van der Waals surface area contributed by atoms with E-state index in [-0.39, 0.29) is 41.3 Å². The maximum Gasteiger partial charge on any atom is 0.136 e. The molecule has 6 nitrogen and oxygen atoms in total. The minimum atomic E-state index is -0.360. The summed E-state index contributed by atoms with van der Waals surface area (Å²) in [6.45, 7) is 13.6. The number of hydrogen-bond acceptors (Lipinski definition) is 6. The van der Waals surface area contributed by atoms with E-state index < -0.39 is 0 Å². The molecule has 0 fully saturated rings. The van der Waals surface area contributed by atoms with Crippen molar-refractivity contribution >= 4 is 11.6 Å². The fourth-order valence-corrected chi connectivity index (χ4v) is 4.55. The Morgan fingerprint density at radius 1 is 0.881 bits per heavy atom. The van der Waals surface area contributed by atoms with Crippen molar-refractivity contribution in [3.63, 3.8) is 0 Å². The molecule has 0 amide bonds. The van der Waals surface area contributed by atoms with Crippen molar-refractivity contribution in [1.29, 1.82) is 0 Å². The molecule has 0 aliphatic carbocycles. The van der Waals surface area contributed by atoms with E-state index in [9.17, 15) is 18.4 Å². The van der Waals surface area contributed by atoms with Crippen molar-refractivity contribution in [1.82, 2.24) is 10.6 Å². The summed E-state index contributed by atoms with van der Waals surface area (Å²) in [7, 11) is 0. The molecule has 42 heavy (non-hydrogen) atoms. The molecule has 0 aliphatic rings. The fourth-order valence-electron chi connectivity index (χ4n) is 4.55. The van der Waals surface area contributed by atoms with Gasteiger partial charge in [-0.05, 0) is 81.0 Å². The molecular weight excluding hydrogens is 538 g/mol. The summed E-state index contributed by atoms with van der Waals surface area (Å²) >= 11 is 0. The van der Waals surface area contributed by atoms with Crippen LogP contribution in [0.1, 0.15) is 84.8 Å². The summed E-state index contributed by atoms with van der Waals surface area (Å²) in [5.41, 5.74) is 1.25. The van der Waals surface area contributed by atoms with Gasteiger partial charge in [0.15, 0.2) is 0 Å². The normalized spacial score (nSPS) is 13.5. The number of halogens is 2. The average molecular weight is 589 g/mol. The topological polar surface area (TPSA) is 76.7 Å². The lowest BCUT2D eigenvalue weighted by atomic mass is 9.94. The lowest BCUT2D eigenvalue weighted by Gasteiger charge is -2.20. The molecular formula is C34H50F2N2O4. The number of nitrogens with one attached hydrogen (secondary N) is 2. The highest BCUT2D eigenvalue weighted by molar-refractivity contribution is 5.80. The number of rotatable bonds is 21. The Labute approximate surface area is 250 Å². The third-order valence-corrected chi connectivity index (χ3v) is 7.27. The monoisotopic (exact) mass is 588 g/mol. The highest BCUT2D eigenvalue weighted by atomic mass is 19.1. The second-order valence-electron chi connectivity index (χ2n) is 11.6. The van der Waals surface area contributed by atoms with E-state index in [2.05, 4.69) is 31.4 Å². The quantitative estimate of drug-likeness (QED) is 0.160. The molecule has 0 saturated heterocycles. The van der Waals surface area contributed by atoms with Crippen molar-refractivity contribution in [3.8, 4) is 11.5 Å². The summed E-state index contributed by atoms with van der Waals surface area (Å²) in [6, 6.07) is 9.86. The predicted octanol–water partition coefficient (Wildman–Crippen LogP) is 6.62. The van der Waals surface area contributed by atoms with Crippen LogP contribution in [0, 0.1) is 17.6 Å². The molecule has 2 aromatic carbocycles. The van der Waals surface area contributed by atoms with Crippen LogP contribution in [0.15, 0.2) is 36.4 Å². The van der Waals surface area contributed by atoms with Gasteiger partial charge < -0.3 is 20.1 Å². The molecule has 0 heterocycles. The minimum Gasteiger partial charge on any atom is -0.492 e. The highest BCUT2D eigenvalue weighted by Crippen LogP contribution is 2.21. The van der Waals surface area contributed by atoms with Crippen LogP contribution in [0.5, 0.6) is 11.5 Å². The van der Waals surface area contributed by atoms with Gasteiger partial charge in [-0.2, -0.15) is 0 Å². The third kappa shape index (κ3) is 13.9. The van der Waals surface area contributed by atoms with Crippen molar-refractivity contribution in [2.75, 3.05) is 19.7 Å². The van der Waals surface area contributed by atoms with E-state index in [1.54, 1.807) is 19.1 Å². The number of benzene rings is 2. The first-order valence-electron chi connectivity index (χ1n) is 15.3. The highest BCUT2D eigenvalue weighted by Gasteiger charge is 2.16. The van der Waals surface area contributed by atoms with E-state index in [4.69, 9.17) is 9.47 Å². The van der Waals surface area contributed by atoms with Crippen molar-refractivity contribution in [2.45, 2.75) is 105 Å². The Bertz CT molecular complexity index is 1120. The largest absolute Gasteiger partial charge is 0.492 e. The van der Waals surface area contributed by atoms with Crippen LogP contribution in [-0.2, 0) is 22.4 Å². The molecule has 3 unspecified atom stereocenters. The van der Waals surface area contributed by atoms with Crippen LogP contribution in [0.25, 0.3) is 0 Å². The maximum atomic E-state index is 14.1. The van der Waals surface area contributed by atoms with Crippen molar-refractivity contribution in [2.24, 2.45) is 5.92 Å². The number of Topliss-reactive ketones (excluding diaryl/α,β-unsaturated/α-hetero) is 2. The Hall–Kier alpha value is -2.84. The zero-order valence-electron chi connectivity index (χ0n) is 26.2. The minimum absolute atomic E-state index is 0.0912. The van der Waals surface area contributed by atoms with Crippen LogP contribution in [0.3, 0.4) is 0 Å². The second kappa shape index (κ2) is 18.6. The lowest BCUT2D eigenvalue weighted by molar-refractivity contribution is -0.122. The molecule has 8 heteroatoms. The van der Waals surface area contributed by atoms with Gasteiger partial charge in [0.25, 0.3) is 0 Å². The van der Waals surface area contributed by atoms with Crippen molar-refractivity contribution in [3.05, 3.63) is 59.2 Å². The predicted molar refractivity (Wildman–Crippen MR) is 164 cm³/mol. The Balaban J connectivity index is 1.71. The Kier molecular flexibility index (Phi) is 15.7. The fraction of sp³-hybridized carbons (Fsp3) is 0.588. The van der Waals surface area contributed by atoms with E-state index in [0.29, 0.717) is 74.9 Å². The Morgan fingerprint density at radius 3 is 2.36 bits per heavy atom. The van der Waals surface area contributed by atoms with Gasteiger partial charge in [-0.3, -0.25) is 9.59 Å². The third-order valence-electron chi connectivity index (χ3n) is 7.27. The maximum absolute atomic E-state index is 14.1. The van der Waals surface area contributed by atoms with Gasteiger partial charge in [-0.25, -0.2) is 8.78 Å². The number of aryl methyl sites for hydroxylation is 2. The van der Waals surface area contributed by atoms with E-state index >= 15 is 0 Å². The average Bonchev–Trinajstić information content (AvgIpc) is 2.95. The first-order valence-corrected chi connectivity index (χ1v) is 15.3. The van der Waals surface area contributed by atoms with Crippen LogP contribution in [0.4, 0.5) is 8.78 Å². The SMILES string of the molecule is CCC(=O)CCc1cc(OC(C)CNC(C)CCC(C)C(=O)CCc2cc(F)cc(OCCNC(C)C)c2)ccc1F. The van der Waals surface area contributed by atoms with Crippen molar-refractivity contribution < 1.29 is 27.8 Å². The first kappa shape index (κ1) is 35.4. The molecule has 3 atom stereocenters. The standard InChI is InChI=1S/C34H50F2N2O4/c1-7-30(39)12-11-28-20-31(13-14-33(28)36)42-26(6)22-38-25(5)9-8-24(4)34(40)15-10-27-18-29(35)21-32(19-27)41-17-16-37-23(2)3/h13-14,18-21,23-26,37-38H,7-12,15-17,22H2,1-6H3. The number of hydrogen-bond donors (Lipinski definition) is 2. The van der Waals surface area contributed by atoms with Gasteiger partial charge in [0.05, 0.1) is 0 Å². The summed E-state index contributed by atoms with van der Waals surface area (Å²) < 4.78 is 39.9. The molecule has 2 N–H and O–H groups in total. The number of carbonyl (C=O) groups is 2. The van der Waals surface area contributed by atoms with Gasteiger partial charge in [-0.1, -0.05) is 27.7 Å². The number of carbonyl (C=O) groups excluding carboxylic acids is 2. The van der Waals surface area contributed by atoms with E-state index in [0.717, 1.165) is 18.4 Å². The van der Waals surface area contributed by atoms with Crippen LogP contribution in [0.2, 0.25) is 0 Å². The molecule has 0 bridgehead atoms. The first-order chi connectivity index (χ1) is 20.0. The molecule has 0 radical (unpaired) electrons. The smallest absolute Gasteiger partial charge is 0.136 e. The molecule has 0 aliphatic heterocycles. The molecule has 2 aromatic rings. The molecule has 0 spiro atoms. The van der Waals surface area contributed by atoms with Crippen LogP contribution < -0.4 is 20.1 Å². The zero-order chi connectivity index (χ0) is 31.1. The summed E-state index contributed by atoms with van der Waals surface area (Å²) in [5.74, 6) is 0.565. The van der Waals surface area contributed by atoms with Crippen LogP contribution in [-0.4, -0.2) is 49.5 Å². The zero-order valence-corrected chi connectivity index (χ0v) is 26.2. The molecule has 234 valence electrons. The van der Waals surface area contributed by atoms with Gasteiger partial charge in [-0.15, -0.1) is 0 Å². The molecule has 2 rings (SSSR count). The summed E-state index contributed by atoms with van der Waals surface area (Å²) in [5, 5.41) is 6.71. The van der Waals surface area contributed by atoms with E-state index in [1.165, 1.54) is 18.2 Å². The van der Waals surface area contributed by atoms with E-state index in [1.807, 2.05) is 19.9 Å². The van der Waals surface area contributed by atoms with Gasteiger partial charge in [0.2, 0.25) is 0 Å². The molecule has 0 saturated carbocycles. The van der Waals surface area contributed by atoms with Gasteiger partial charge >= 0.3 is 0 Å². The molecule has 0 aromatic heterocycles. The number of ketones is 2. The summed E-state index contributed by atoms with van der Waals surface area (Å²) in [6.07, 6.45) is 3.41. The Morgan fingerprint density at radius 2 is 1.64 bits per heavy atom. The van der Waals surface area contributed by atoms with Gasteiger partial charge in [0.1, 0.15) is 47.4 Å².